The number of hydrogen-bond acceptors (Lipinski definition) is 2. The molecule has 0 N–H and O–H groups in total. The SMILES string of the molecule is CN(C)c1ccc(N2CCc3ccccc32)cc1. The van der Waals surface area contributed by atoms with Crippen LogP contribution in [0.2, 0.25) is 0 Å². The van der Waals surface area contributed by atoms with Gasteiger partial charge in [-0.05, 0) is 42.3 Å². The number of fused-ring (bicyclic) bond motifs is 1. The summed E-state index contributed by atoms with van der Waals surface area (Å²) in [5.41, 5.74) is 5.33. The molecule has 0 saturated carbocycles. The number of anilines is 3. The summed E-state index contributed by atoms with van der Waals surface area (Å²) >= 11 is 0. The number of para-hydroxylation sites is 1. The summed E-state index contributed by atoms with van der Waals surface area (Å²) in [7, 11) is 4.14. The first-order chi connectivity index (χ1) is 8.75. The van der Waals surface area contributed by atoms with E-state index in [2.05, 4.69) is 72.4 Å². The van der Waals surface area contributed by atoms with Crippen LogP contribution in [0.15, 0.2) is 48.5 Å². The van der Waals surface area contributed by atoms with Crippen LogP contribution >= 0.6 is 0 Å². The summed E-state index contributed by atoms with van der Waals surface area (Å²) in [6.45, 7) is 1.08. The zero-order valence-electron chi connectivity index (χ0n) is 10.9. The highest BCUT2D eigenvalue weighted by molar-refractivity contribution is 5.71. The van der Waals surface area contributed by atoms with Gasteiger partial charge in [0.25, 0.3) is 0 Å². The molecule has 0 atom stereocenters. The highest BCUT2D eigenvalue weighted by Crippen LogP contribution is 2.34. The highest BCUT2D eigenvalue weighted by Gasteiger charge is 2.19. The van der Waals surface area contributed by atoms with E-state index in [1.807, 2.05) is 0 Å². The maximum Gasteiger partial charge on any atom is 0.0444 e. The van der Waals surface area contributed by atoms with Crippen LogP contribution in [0.5, 0.6) is 0 Å². The van der Waals surface area contributed by atoms with Gasteiger partial charge in [-0.15, -0.1) is 0 Å². The van der Waals surface area contributed by atoms with Crippen LogP contribution in [-0.2, 0) is 6.42 Å². The maximum atomic E-state index is 2.40. The topological polar surface area (TPSA) is 6.48 Å². The van der Waals surface area contributed by atoms with E-state index in [4.69, 9.17) is 0 Å². The van der Waals surface area contributed by atoms with Gasteiger partial charge >= 0.3 is 0 Å². The lowest BCUT2D eigenvalue weighted by Gasteiger charge is -2.21. The van der Waals surface area contributed by atoms with Gasteiger partial charge in [-0.1, -0.05) is 18.2 Å². The van der Waals surface area contributed by atoms with E-state index in [9.17, 15) is 0 Å². The van der Waals surface area contributed by atoms with Gasteiger partial charge in [-0.3, -0.25) is 0 Å². The zero-order chi connectivity index (χ0) is 12.5. The predicted octanol–water partition coefficient (Wildman–Crippen LogP) is 3.45. The normalized spacial score (nSPS) is 13.6. The minimum absolute atomic E-state index is 1.08. The third kappa shape index (κ3) is 1.84. The van der Waals surface area contributed by atoms with Crippen molar-refractivity contribution in [1.82, 2.24) is 0 Å². The first kappa shape index (κ1) is 11.1. The van der Waals surface area contributed by atoms with Crippen molar-refractivity contribution in [1.29, 1.82) is 0 Å². The fourth-order valence-electron chi connectivity index (χ4n) is 2.54. The molecule has 2 heteroatoms. The van der Waals surface area contributed by atoms with Crippen molar-refractivity contribution in [3.63, 3.8) is 0 Å². The molecule has 0 unspecified atom stereocenters. The van der Waals surface area contributed by atoms with Crippen molar-refractivity contribution in [2.75, 3.05) is 30.4 Å². The van der Waals surface area contributed by atoms with Gasteiger partial charge in [0, 0.05) is 37.7 Å². The third-order valence-electron chi connectivity index (χ3n) is 3.56. The molecule has 0 spiro atoms. The second-order valence-corrected chi connectivity index (χ2v) is 4.94. The van der Waals surface area contributed by atoms with Gasteiger partial charge in [0.1, 0.15) is 0 Å². The van der Waals surface area contributed by atoms with E-state index in [1.165, 1.54) is 22.6 Å². The maximum absolute atomic E-state index is 2.40. The smallest absolute Gasteiger partial charge is 0.0444 e. The van der Waals surface area contributed by atoms with Crippen molar-refractivity contribution in [3.8, 4) is 0 Å². The number of nitrogens with zero attached hydrogens (tertiary/aromatic N) is 2. The Morgan fingerprint density at radius 1 is 0.944 bits per heavy atom. The zero-order valence-corrected chi connectivity index (χ0v) is 10.9. The van der Waals surface area contributed by atoms with Gasteiger partial charge in [-0.25, -0.2) is 0 Å². The molecule has 0 fully saturated rings. The Morgan fingerprint density at radius 3 is 2.39 bits per heavy atom. The lowest BCUT2D eigenvalue weighted by Crippen LogP contribution is -2.13. The van der Waals surface area contributed by atoms with E-state index in [-0.39, 0.29) is 0 Å². The van der Waals surface area contributed by atoms with Crippen molar-refractivity contribution < 1.29 is 0 Å². The van der Waals surface area contributed by atoms with Gasteiger partial charge in [0.15, 0.2) is 0 Å². The second kappa shape index (κ2) is 4.37. The number of hydrogen-bond donors (Lipinski definition) is 0. The number of rotatable bonds is 2. The van der Waals surface area contributed by atoms with E-state index < -0.39 is 0 Å². The Morgan fingerprint density at radius 2 is 1.67 bits per heavy atom. The largest absolute Gasteiger partial charge is 0.378 e. The fourth-order valence-corrected chi connectivity index (χ4v) is 2.54. The lowest BCUT2D eigenvalue weighted by molar-refractivity contribution is 0.997. The molecule has 3 rings (SSSR count). The molecule has 0 saturated heterocycles. The van der Waals surface area contributed by atoms with E-state index in [0.29, 0.717) is 0 Å². The molecule has 0 aliphatic carbocycles. The Balaban J connectivity index is 1.93. The van der Waals surface area contributed by atoms with Crippen LogP contribution in [0.25, 0.3) is 0 Å². The van der Waals surface area contributed by atoms with Crippen molar-refractivity contribution in [2.45, 2.75) is 6.42 Å². The Labute approximate surface area is 108 Å². The summed E-state index contributed by atoms with van der Waals surface area (Å²) in [6.07, 6.45) is 1.14. The van der Waals surface area contributed by atoms with Gasteiger partial charge < -0.3 is 9.80 Å². The molecule has 1 aliphatic rings. The summed E-state index contributed by atoms with van der Waals surface area (Å²) < 4.78 is 0. The Kier molecular flexibility index (Phi) is 2.71. The molecule has 18 heavy (non-hydrogen) atoms. The summed E-state index contributed by atoms with van der Waals surface area (Å²) in [6, 6.07) is 17.4. The van der Waals surface area contributed by atoms with Gasteiger partial charge in [0.2, 0.25) is 0 Å². The molecule has 0 radical (unpaired) electrons. The van der Waals surface area contributed by atoms with Crippen LogP contribution in [0, 0.1) is 0 Å². The minimum atomic E-state index is 1.08. The molecule has 0 aromatic heterocycles. The summed E-state index contributed by atoms with van der Waals surface area (Å²) in [5.74, 6) is 0. The quantitative estimate of drug-likeness (QED) is 0.790. The molecular formula is C16H18N2. The van der Waals surface area contributed by atoms with E-state index in [0.717, 1.165) is 13.0 Å². The third-order valence-corrected chi connectivity index (χ3v) is 3.56. The van der Waals surface area contributed by atoms with E-state index >= 15 is 0 Å². The molecule has 92 valence electrons. The van der Waals surface area contributed by atoms with Gasteiger partial charge in [-0.2, -0.15) is 0 Å². The summed E-state index contributed by atoms with van der Waals surface area (Å²) in [5, 5.41) is 0. The fraction of sp³-hybridized carbons (Fsp3) is 0.250. The minimum Gasteiger partial charge on any atom is -0.378 e. The standard InChI is InChI=1S/C16H18N2/c1-17(2)14-7-9-15(10-8-14)18-12-11-13-5-3-4-6-16(13)18/h3-10H,11-12H2,1-2H3. The monoisotopic (exact) mass is 238 g/mol. The van der Waals surface area contributed by atoms with Crippen molar-refractivity contribution in [2.24, 2.45) is 0 Å². The van der Waals surface area contributed by atoms with Crippen LogP contribution < -0.4 is 9.80 Å². The number of benzene rings is 2. The molecule has 1 aliphatic heterocycles. The van der Waals surface area contributed by atoms with Crippen molar-refractivity contribution in [3.05, 3.63) is 54.1 Å². The Hall–Kier alpha value is -1.96. The highest BCUT2D eigenvalue weighted by atomic mass is 15.2. The second-order valence-electron chi connectivity index (χ2n) is 4.94. The average Bonchev–Trinajstić information content (AvgIpc) is 2.82. The molecule has 0 amide bonds. The molecule has 2 nitrogen and oxygen atoms in total. The van der Waals surface area contributed by atoms with E-state index in [1.54, 1.807) is 0 Å². The predicted molar refractivity (Wildman–Crippen MR) is 77.9 cm³/mol. The van der Waals surface area contributed by atoms with Crippen LogP contribution in [-0.4, -0.2) is 20.6 Å². The molecule has 2 aromatic carbocycles. The molecule has 2 aromatic rings. The first-order valence-electron chi connectivity index (χ1n) is 6.38. The van der Waals surface area contributed by atoms with Crippen LogP contribution in [0.4, 0.5) is 17.1 Å². The summed E-state index contributed by atoms with van der Waals surface area (Å²) in [4.78, 5) is 4.52. The van der Waals surface area contributed by atoms with Crippen molar-refractivity contribution >= 4 is 17.1 Å². The van der Waals surface area contributed by atoms with Crippen LogP contribution in [0.3, 0.4) is 0 Å². The van der Waals surface area contributed by atoms with Crippen LogP contribution in [0.1, 0.15) is 5.56 Å². The van der Waals surface area contributed by atoms with Gasteiger partial charge in [0.05, 0.1) is 0 Å². The molecular weight excluding hydrogens is 220 g/mol. The first-order valence-corrected chi connectivity index (χ1v) is 6.38. The molecule has 1 heterocycles. The average molecular weight is 238 g/mol. The lowest BCUT2D eigenvalue weighted by atomic mass is 10.2. The molecule has 0 bridgehead atoms. The Bertz CT molecular complexity index is 543.